The van der Waals surface area contributed by atoms with Crippen LogP contribution in [0.2, 0.25) is 0 Å². The number of fused-ring (bicyclic) bond motifs is 2. The fraction of sp³-hybridized carbons (Fsp3) is 0.846. The number of thioether (sulfide) groups is 1. The smallest absolute Gasteiger partial charge is 0.139 e. The third kappa shape index (κ3) is 12.7. The van der Waals surface area contributed by atoms with Crippen molar-refractivity contribution in [3.63, 3.8) is 0 Å². The predicted molar refractivity (Wildman–Crippen MR) is 200 cm³/mol. The van der Waals surface area contributed by atoms with Crippen molar-refractivity contribution in [2.45, 2.75) is 174 Å². The van der Waals surface area contributed by atoms with Gasteiger partial charge in [-0.05, 0) is 84.6 Å². The molecule has 0 saturated carbocycles. The summed E-state index contributed by atoms with van der Waals surface area (Å²) in [5.74, 6) is 6.12. The van der Waals surface area contributed by atoms with E-state index in [4.69, 9.17) is 4.74 Å². The SMILES string of the molecule is CC(C)CCCC(C)CCCC(C)CCC1(CCC(C)CCCC(C)CCCC(C)C)Oc2ccsc2C2=C1CC(Br)S2. The summed E-state index contributed by atoms with van der Waals surface area (Å²) in [5, 5.41) is 2.24. The fourth-order valence-electron chi connectivity index (χ4n) is 7.34. The van der Waals surface area contributed by atoms with Crippen molar-refractivity contribution >= 4 is 43.9 Å². The average Bonchev–Trinajstić information content (AvgIpc) is 3.56. The highest BCUT2D eigenvalue weighted by atomic mass is 79.9. The normalized spacial score (nSPS) is 22.9. The quantitative estimate of drug-likeness (QED) is 0.112. The summed E-state index contributed by atoms with van der Waals surface area (Å²) in [6.07, 6.45) is 22.7. The summed E-state index contributed by atoms with van der Waals surface area (Å²) in [6.45, 7) is 19.4. The number of halogens is 1. The molecule has 1 nitrogen and oxygen atoms in total. The number of hydrogen-bond donors (Lipinski definition) is 0. The molecular weight excluding hydrogens is 628 g/mol. The van der Waals surface area contributed by atoms with Gasteiger partial charge in [0.25, 0.3) is 0 Å². The summed E-state index contributed by atoms with van der Waals surface area (Å²) in [4.78, 5) is 2.93. The standard InChI is InChI=1S/C39H67BrOS2/c1-28(2)13-9-15-30(5)17-11-19-32(7)21-24-39(25-22-33(8)20-12-18-31(6)16-10-14-29(3)4)34-27-36(40)43-37(34)38-35(41-39)23-26-42-38/h23,26,28-33,36H,9-22,24-25,27H2,1-8H3. The number of hydrogen-bond acceptors (Lipinski definition) is 3. The van der Waals surface area contributed by atoms with Gasteiger partial charge in [-0.3, -0.25) is 0 Å². The van der Waals surface area contributed by atoms with Crippen LogP contribution in [0.25, 0.3) is 4.91 Å². The molecule has 5 unspecified atom stereocenters. The zero-order valence-electron chi connectivity index (χ0n) is 29.3. The molecule has 0 radical (unpaired) electrons. The molecule has 3 heterocycles. The summed E-state index contributed by atoms with van der Waals surface area (Å²) in [6, 6.07) is 2.24. The van der Waals surface area contributed by atoms with Gasteiger partial charge >= 0.3 is 0 Å². The van der Waals surface area contributed by atoms with Gasteiger partial charge in [-0.15, -0.1) is 23.1 Å². The van der Waals surface area contributed by atoms with E-state index in [1.807, 2.05) is 23.1 Å². The Morgan fingerprint density at radius 1 is 0.698 bits per heavy atom. The first-order valence-electron chi connectivity index (χ1n) is 18.3. The molecule has 2 aliphatic heterocycles. The third-order valence-corrected chi connectivity index (χ3v) is 13.4. The van der Waals surface area contributed by atoms with Gasteiger partial charge in [0.15, 0.2) is 0 Å². The molecule has 4 heteroatoms. The van der Waals surface area contributed by atoms with E-state index in [2.05, 4.69) is 82.8 Å². The minimum Gasteiger partial charge on any atom is -0.481 e. The van der Waals surface area contributed by atoms with Crippen LogP contribution in [0.4, 0.5) is 0 Å². The Bertz CT molecular complexity index is 913. The van der Waals surface area contributed by atoms with E-state index in [9.17, 15) is 0 Å². The largest absolute Gasteiger partial charge is 0.481 e. The zero-order chi connectivity index (χ0) is 31.4. The number of ether oxygens (including phenoxy) is 1. The molecule has 248 valence electrons. The Hall–Kier alpha value is 0.0700. The molecule has 0 spiro atoms. The highest BCUT2D eigenvalue weighted by Crippen LogP contribution is 2.59. The molecule has 5 atom stereocenters. The molecule has 0 fully saturated rings. The van der Waals surface area contributed by atoms with Gasteiger partial charge in [0, 0.05) is 4.91 Å². The van der Waals surface area contributed by atoms with Crippen molar-refractivity contribution in [1.82, 2.24) is 0 Å². The van der Waals surface area contributed by atoms with Gasteiger partial charge in [-0.1, -0.05) is 148 Å². The van der Waals surface area contributed by atoms with Crippen LogP contribution >= 0.6 is 39.0 Å². The molecule has 0 bridgehead atoms. The Morgan fingerprint density at radius 2 is 1.14 bits per heavy atom. The average molecular weight is 696 g/mol. The summed E-state index contributed by atoms with van der Waals surface area (Å²) < 4.78 is 7.64. The van der Waals surface area contributed by atoms with Gasteiger partial charge in [0.2, 0.25) is 0 Å². The van der Waals surface area contributed by atoms with Crippen molar-refractivity contribution in [3.05, 3.63) is 21.9 Å². The molecule has 0 aliphatic carbocycles. The molecule has 0 saturated heterocycles. The van der Waals surface area contributed by atoms with E-state index in [-0.39, 0.29) is 5.60 Å². The topological polar surface area (TPSA) is 9.23 Å². The molecule has 0 N–H and O–H groups in total. The Morgan fingerprint density at radius 3 is 1.60 bits per heavy atom. The molecule has 3 rings (SSSR count). The van der Waals surface area contributed by atoms with Gasteiger partial charge < -0.3 is 4.74 Å². The highest BCUT2D eigenvalue weighted by Gasteiger charge is 2.46. The second-order valence-corrected chi connectivity index (χ2v) is 19.6. The maximum absolute atomic E-state index is 7.15. The fourth-order valence-corrected chi connectivity index (χ4v) is 10.4. The van der Waals surface area contributed by atoms with Gasteiger partial charge in [-0.2, -0.15) is 0 Å². The molecule has 1 aromatic rings. The maximum atomic E-state index is 7.15. The molecule has 1 aromatic heterocycles. The number of rotatable bonds is 22. The minimum atomic E-state index is -0.115. The molecular formula is C39H67BrOS2. The number of thiophene rings is 1. The van der Waals surface area contributed by atoms with Gasteiger partial charge in [-0.25, -0.2) is 0 Å². The van der Waals surface area contributed by atoms with E-state index >= 15 is 0 Å². The second-order valence-electron chi connectivity index (χ2n) is 15.8. The van der Waals surface area contributed by atoms with Crippen LogP contribution in [-0.2, 0) is 0 Å². The van der Waals surface area contributed by atoms with Crippen LogP contribution in [-0.4, -0.2) is 9.76 Å². The highest BCUT2D eigenvalue weighted by molar-refractivity contribution is 9.11. The minimum absolute atomic E-state index is 0.115. The summed E-state index contributed by atoms with van der Waals surface area (Å²) in [5.41, 5.74) is 1.50. The molecule has 0 amide bonds. The van der Waals surface area contributed by atoms with Crippen LogP contribution in [0.15, 0.2) is 17.0 Å². The van der Waals surface area contributed by atoms with E-state index in [0.717, 1.165) is 47.7 Å². The zero-order valence-corrected chi connectivity index (χ0v) is 32.5. The second kappa shape index (κ2) is 19.0. The molecule has 43 heavy (non-hydrogen) atoms. The Labute approximate surface area is 284 Å². The first-order valence-corrected chi connectivity index (χ1v) is 21.0. The van der Waals surface area contributed by atoms with Crippen LogP contribution < -0.4 is 4.74 Å². The van der Waals surface area contributed by atoms with Gasteiger partial charge in [0.05, 0.1) is 9.04 Å². The lowest BCUT2D eigenvalue weighted by Crippen LogP contribution is -2.41. The molecule has 0 aromatic carbocycles. The van der Waals surface area contributed by atoms with Crippen molar-refractivity contribution < 1.29 is 4.74 Å². The Balaban J connectivity index is 1.55. The third-order valence-electron chi connectivity index (χ3n) is 10.4. The van der Waals surface area contributed by atoms with Crippen LogP contribution in [0.3, 0.4) is 0 Å². The lowest BCUT2D eigenvalue weighted by molar-refractivity contribution is 0.0683. The van der Waals surface area contributed by atoms with E-state index < -0.39 is 0 Å². The van der Waals surface area contributed by atoms with E-state index in [1.165, 1.54) is 108 Å². The number of alkyl halides is 1. The summed E-state index contributed by atoms with van der Waals surface area (Å²) >= 11 is 7.91. The van der Waals surface area contributed by atoms with Crippen LogP contribution in [0.5, 0.6) is 5.75 Å². The molecule has 2 aliphatic rings. The predicted octanol–water partition coefficient (Wildman–Crippen LogP) is 14.5. The van der Waals surface area contributed by atoms with Crippen LogP contribution in [0, 0.1) is 35.5 Å². The lowest BCUT2D eigenvalue weighted by atomic mass is 9.77. The van der Waals surface area contributed by atoms with E-state index in [1.54, 1.807) is 10.5 Å². The van der Waals surface area contributed by atoms with Crippen LogP contribution in [0.1, 0.15) is 169 Å². The lowest BCUT2D eigenvalue weighted by Gasteiger charge is -2.41. The monoisotopic (exact) mass is 694 g/mol. The van der Waals surface area contributed by atoms with Crippen molar-refractivity contribution in [1.29, 1.82) is 0 Å². The van der Waals surface area contributed by atoms with Gasteiger partial charge in [0.1, 0.15) is 11.4 Å². The van der Waals surface area contributed by atoms with Crippen molar-refractivity contribution in [2.75, 3.05) is 0 Å². The maximum Gasteiger partial charge on any atom is 0.139 e. The van der Waals surface area contributed by atoms with Crippen molar-refractivity contribution in [3.8, 4) is 5.75 Å². The van der Waals surface area contributed by atoms with E-state index in [0.29, 0.717) is 4.16 Å². The first kappa shape index (κ1) is 37.5. The summed E-state index contributed by atoms with van der Waals surface area (Å²) in [7, 11) is 0. The Kier molecular flexibility index (Phi) is 16.6. The van der Waals surface area contributed by atoms with Crippen molar-refractivity contribution in [2.24, 2.45) is 35.5 Å². The first-order chi connectivity index (χ1) is 20.5.